The summed E-state index contributed by atoms with van der Waals surface area (Å²) >= 11 is 0. The van der Waals surface area contributed by atoms with Crippen molar-refractivity contribution < 1.29 is 29.5 Å². The molecule has 0 radical (unpaired) electrons. The van der Waals surface area contributed by atoms with E-state index in [1.54, 1.807) is 12.1 Å². The molecule has 1 aliphatic carbocycles. The van der Waals surface area contributed by atoms with Crippen LogP contribution in [0.2, 0.25) is 0 Å². The third kappa shape index (κ3) is 6.80. The number of hydrogen-bond donors (Lipinski definition) is 2. The smallest absolute Gasteiger partial charge is 0.414 e. The van der Waals surface area contributed by atoms with Crippen molar-refractivity contribution in [1.29, 1.82) is 0 Å². The van der Waals surface area contributed by atoms with Gasteiger partial charge in [0.1, 0.15) is 0 Å². The van der Waals surface area contributed by atoms with Gasteiger partial charge in [0.15, 0.2) is 0 Å². The summed E-state index contributed by atoms with van der Waals surface area (Å²) in [6.07, 6.45) is 7.94. The molecule has 1 saturated carbocycles. The molecule has 1 aliphatic heterocycles. The van der Waals surface area contributed by atoms with Gasteiger partial charge in [-0.05, 0) is 25.0 Å². The number of nitrogens with zero attached hydrogens (tertiary/aromatic N) is 3. The molecule has 1 aromatic rings. The van der Waals surface area contributed by atoms with Gasteiger partial charge in [0, 0.05) is 49.9 Å². The van der Waals surface area contributed by atoms with Gasteiger partial charge in [-0.3, -0.25) is 19.8 Å². The normalized spacial score (nSPS) is 17.9. The van der Waals surface area contributed by atoms with Crippen LogP contribution in [-0.4, -0.2) is 75.0 Å². The highest BCUT2D eigenvalue weighted by molar-refractivity contribution is 6.27. The molecule has 1 saturated heterocycles. The monoisotopic (exact) mass is 421 g/mol. The summed E-state index contributed by atoms with van der Waals surface area (Å²) in [5.41, 5.74) is 0.549. The Balaban J connectivity index is 0.000000469. The van der Waals surface area contributed by atoms with Crippen LogP contribution < -0.4 is 0 Å². The number of piperazine rings is 1. The molecule has 1 amide bonds. The lowest BCUT2D eigenvalue weighted by Gasteiger charge is -2.39. The number of carbonyl (C=O) groups is 3. The van der Waals surface area contributed by atoms with E-state index in [1.165, 1.54) is 50.7 Å². The van der Waals surface area contributed by atoms with E-state index in [2.05, 4.69) is 4.90 Å². The lowest BCUT2D eigenvalue weighted by atomic mass is 10.1. The number of nitro groups is 1. The zero-order valence-corrected chi connectivity index (χ0v) is 16.7. The molecule has 0 bridgehead atoms. The Kier molecular flexibility index (Phi) is 8.72. The Bertz CT molecular complexity index is 738. The van der Waals surface area contributed by atoms with Gasteiger partial charge in [0.2, 0.25) is 0 Å². The van der Waals surface area contributed by atoms with Crippen LogP contribution in [0.1, 0.15) is 48.9 Å². The van der Waals surface area contributed by atoms with Crippen LogP contribution in [0, 0.1) is 10.1 Å². The van der Waals surface area contributed by atoms with Crippen molar-refractivity contribution in [3.8, 4) is 0 Å². The number of aliphatic carboxylic acids is 2. The Morgan fingerprint density at radius 2 is 1.37 bits per heavy atom. The summed E-state index contributed by atoms with van der Waals surface area (Å²) in [5, 5.41) is 25.5. The topological polar surface area (TPSA) is 141 Å². The van der Waals surface area contributed by atoms with Crippen LogP contribution in [0.25, 0.3) is 0 Å². The van der Waals surface area contributed by atoms with E-state index in [0.717, 1.165) is 26.2 Å². The van der Waals surface area contributed by atoms with Crippen LogP contribution in [-0.2, 0) is 9.59 Å². The number of non-ortho nitro benzene ring substituents is 1. The quantitative estimate of drug-likeness (QED) is 0.327. The van der Waals surface area contributed by atoms with Crippen molar-refractivity contribution >= 4 is 23.5 Å². The van der Waals surface area contributed by atoms with Crippen LogP contribution in [0.3, 0.4) is 0 Å². The van der Waals surface area contributed by atoms with Gasteiger partial charge < -0.3 is 15.1 Å². The Labute approximate surface area is 174 Å². The average molecular weight is 421 g/mol. The molecule has 30 heavy (non-hydrogen) atoms. The molecule has 1 heterocycles. The first-order valence-electron chi connectivity index (χ1n) is 10.0. The van der Waals surface area contributed by atoms with Gasteiger partial charge in [-0.15, -0.1) is 0 Å². The fraction of sp³-hybridized carbons (Fsp3) is 0.550. The molecule has 164 valence electrons. The Morgan fingerprint density at radius 1 is 0.867 bits per heavy atom. The SMILES string of the molecule is O=C(O)C(=O)O.O=C(c1ccc([N+](=O)[O-])cc1)N1CCN(C2CCCCCC2)CC1. The minimum atomic E-state index is -1.82. The first kappa shape index (κ1) is 23.3. The molecule has 0 unspecified atom stereocenters. The van der Waals surface area contributed by atoms with Crippen molar-refractivity contribution in [3.63, 3.8) is 0 Å². The van der Waals surface area contributed by atoms with E-state index < -0.39 is 16.9 Å². The molecule has 0 atom stereocenters. The number of hydrogen-bond acceptors (Lipinski definition) is 6. The molecular weight excluding hydrogens is 394 g/mol. The number of carboxylic acids is 2. The lowest BCUT2D eigenvalue weighted by Crippen LogP contribution is -2.51. The Morgan fingerprint density at radius 3 is 1.80 bits per heavy atom. The lowest BCUT2D eigenvalue weighted by molar-refractivity contribution is -0.384. The van der Waals surface area contributed by atoms with Crippen LogP contribution in [0.15, 0.2) is 24.3 Å². The summed E-state index contributed by atoms with van der Waals surface area (Å²) in [6, 6.07) is 6.59. The molecule has 0 aromatic heterocycles. The number of benzene rings is 1. The molecule has 2 aliphatic rings. The second kappa shape index (κ2) is 11.2. The highest BCUT2D eigenvalue weighted by Gasteiger charge is 2.27. The molecule has 10 heteroatoms. The zero-order chi connectivity index (χ0) is 22.1. The Hall–Kier alpha value is -3.01. The first-order chi connectivity index (χ1) is 14.3. The van der Waals surface area contributed by atoms with E-state index in [1.807, 2.05) is 4.90 Å². The molecule has 2 fully saturated rings. The first-order valence-corrected chi connectivity index (χ1v) is 10.0. The predicted octanol–water partition coefficient (Wildman–Crippen LogP) is 2.23. The molecular formula is C20H27N3O7. The molecule has 10 nitrogen and oxygen atoms in total. The average Bonchev–Trinajstić information content (AvgIpc) is 3.03. The molecule has 1 aromatic carbocycles. The number of rotatable bonds is 3. The highest BCUT2D eigenvalue weighted by atomic mass is 16.6. The van der Waals surface area contributed by atoms with Crippen LogP contribution >= 0.6 is 0 Å². The third-order valence-corrected chi connectivity index (χ3v) is 5.45. The van der Waals surface area contributed by atoms with E-state index in [4.69, 9.17) is 19.8 Å². The largest absolute Gasteiger partial charge is 0.473 e. The number of carbonyl (C=O) groups excluding carboxylic acids is 1. The summed E-state index contributed by atoms with van der Waals surface area (Å²) in [6.45, 7) is 3.35. The van der Waals surface area contributed by atoms with E-state index in [0.29, 0.717) is 11.6 Å². The van der Waals surface area contributed by atoms with Gasteiger partial charge in [-0.1, -0.05) is 25.7 Å². The highest BCUT2D eigenvalue weighted by Crippen LogP contribution is 2.23. The van der Waals surface area contributed by atoms with Gasteiger partial charge in [-0.25, -0.2) is 9.59 Å². The van der Waals surface area contributed by atoms with Gasteiger partial charge in [-0.2, -0.15) is 0 Å². The second-order valence-corrected chi connectivity index (χ2v) is 7.39. The fourth-order valence-electron chi connectivity index (χ4n) is 3.82. The van der Waals surface area contributed by atoms with Gasteiger partial charge in [0.25, 0.3) is 11.6 Å². The summed E-state index contributed by atoms with van der Waals surface area (Å²) in [4.78, 5) is 45.4. The third-order valence-electron chi connectivity index (χ3n) is 5.45. The summed E-state index contributed by atoms with van der Waals surface area (Å²) in [5.74, 6) is -3.67. The summed E-state index contributed by atoms with van der Waals surface area (Å²) in [7, 11) is 0. The van der Waals surface area contributed by atoms with E-state index in [-0.39, 0.29) is 11.6 Å². The maximum Gasteiger partial charge on any atom is 0.414 e. The number of amides is 1. The summed E-state index contributed by atoms with van der Waals surface area (Å²) < 4.78 is 0. The van der Waals surface area contributed by atoms with Crippen molar-refractivity contribution in [1.82, 2.24) is 9.80 Å². The minimum Gasteiger partial charge on any atom is -0.473 e. The second-order valence-electron chi connectivity index (χ2n) is 7.39. The number of nitro benzene ring substituents is 1. The van der Waals surface area contributed by atoms with Crippen LogP contribution in [0.5, 0.6) is 0 Å². The predicted molar refractivity (Wildman–Crippen MR) is 107 cm³/mol. The van der Waals surface area contributed by atoms with Crippen LogP contribution in [0.4, 0.5) is 5.69 Å². The van der Waals surface area contributed by atoms with Gasteiger partial charge in [0.05, 0.1) is 4.92 Å². The van der Waals surface area contributed by atoms with E-state index in [9.17, 15) is 14.9 Å². The van der Waals surface area contributed by atoms with Crippen molar-refractivity contribution in [3.05, 3.63) is 39.9 Å². The fourth-order valence-corrected chi connectivity index (χ4v) is 3.82. The van der Waals surface area contributed by atoms with Gasteiger partial charge >= 0.3 is 11.9 Å². The number of carboxylic acid groups (broad SMARTS) is 2. The zero-order valence-electron chi connectivity index (χ0n) is 16.7. The van der Waals surface area contributed by atoms with Crippen molar-refractivity contribution in [2.24, 2.45) is 0 Å². The standard InChI is InChI=1S/C18H25N3O3.C2H2O4/c22-18(15-7-9-17(10-8-15)21(23)24)20-13-11-19(12-14-20)16-5-3-1-2-4-6-16;3-1(4)2(5)6/h7-10,16H,1-6,11-14H2;(H,3,4)(H,5,6). The minimum absolute atomic E-state index is 0.0183. The van der Waals surface area contributed by atoms with Crippen molar-refractivity contribution in [2.75, 3.05) is 26.2 Å². The molecule has 2 N–H and O–H groups in total. The van der Waals surface area contributed by atoms with E-state index >= 15 is 0 Å². The van der Waals surface area contributed by atoms with Crippen molar-refractivity contribution in [2.45, 2.75) is 44.6 Å². The maximum atomic E-state index is 12.6. The molecule has 3 rings (SSSR count). The molecule has 0 spiro atoms. The maximum absolute atomic E-state index is 12.6.